The third-order valence-corrected chi connectivity index (χ3v) is 4.57. The van der Waals surface area contributed by atoms with E-state index >= 15 is 0 Å². The van der Waals surface area contributed by atoms with Crippen molar-refractivity contribution < 1.29 is 18.0 Å². The van der Waals surface area contributed by atoms with Crippen LogP contribution in [-0.4, -0.2) is 25.1 Å². The molecule has 0 aliphatic rings. The van der Waals surface area contributed by atoms with Gasteiger partial charge in [0.2, 0.25) is 0 Å². The summed E-state index contributed by atoms with van der Waals surface area (Å²) < 4.78 is 40.0. The van der Waals surface area contributed by atoms with Crippen molar-refractivity contribution in [3.8, 4) is 0 Å². The van der Waals surface area contributed by atoms with E-state index in [1.807, 2.05) is 0 Å². The molecule has 0 saturated heterocycles. The van der Waals surface area contributed by atoms with Gasteiger partial charge < -0.3 is 5.73 Å². The van der Waals surface area contributed by atoms with Crippen molar-refractivity contribution in [2.45, 2.75) is 19.6 Å². The molecule has 0 aromatic carbocycles. The van der Waals surface area contributed by atoms with E-state index in [-0.39, 0.29) is 28.0 Å². The number of alkyl halides is 3. The van der Waals surface area contributed by atoms with Crippen LogP contribution in [0.15, 0.2) is 16.9 Å². The van der Waals surface area contributed by atoms with Crippen LogP contribution in [0, 0.1) is 6.92 Å². The number of thiazole rings is 1. The molecule has 3 aromatic rings. The quantitative estimate of drug-likeness (QED) is 0.739. The second kappa shape index (κ2) is 5.85. The van der Waals surface area contributed by atoms with Crippen molar-refractivity contribution in [3.63, 3.8) is 0 Å². The molecule has 0 spiro atoms. The maximum Gasteiger partial charge on any atom is 0.435 e. The molecule has 0 unspecified atom stereocenters. The molecule has 0 radical (unpaired) electrons. The average molecular weight is 392 g/mol. The molecule has 0 aliphatic heterocycles. The third-order valence-electron chi connectivity index (χ3n) is 3.31. The molecule has 25 heavy (non-hydrogen) atoms. The first-order chi connectivity index (χ1) is 11.6. The smallest absolute Gasteiger partial charge is 0.364 e. The highest BCUT2D eigenvalue weighted by molar-refractivity contribution is 7.17. The fourth-order valence-corrected chi connectivity index (χ4v) is 3.48. The summed E-state index contributed by atoms with van der Waals surface area (Å²) in [5.41, 5.74) is 3.73. The number of amides is 1. The number of rotatable bonds is 3. The number of hydrogen-bond acceptors (Lipinski definition) is 5. The highest BCUT2D eigenvalue weighted by Gasteiger charge is 2.34. The second-order valence-corrected chi connectivity index (χ2v) is 6.65. The van der Waals surface area contributed by atoms with Gasteiger partial charge in [-0.25, -0.2) is 14.1 Å². The molecule has 12 heteroatoms. The van der Waals surface area contributed by atoms with Gasteiger partial charge in [-0.2, -0.15) is 18.3 Å². The fraction of sp³-hybridized carbons (Fsp3) is 0.231. The molecule has 7 nitrogen and oxygen atoms in total. The summed E-state index contributed by atoms with van der Waals surface area (Å²) in [6, 6.07) is 1.78. The summed E-state index contributed by atoms with van der Waals surface area (Å²) in [6.45, 7) is 1.38. The van der Waals surface area contributed by atoms with Gasteiger partial charge >= 0.3 is 6.18 Å². The molecule has 3 heterocycles. The number of aryl methyl sites for hydroxylation is 1. The lowest BCUT2D eigenvalue weighted by Gasteiger charge is -2.04. The highest BCUT2D eigenvalue weighted by atomic mass is 35.5. The number of nitrogens with two attached hydrogens (primary N) is 1. The Morgan fingerprint density at radius 1 is 1.40 bits per heavy atom. The number of carbonyl (C=O) groups is 1. The van der Waals surface area contributed by atoms with Crippen molar-refractivity contribution in [1.82, 2.24) is 19.2 Å². The Hall–Kier alpha value is -2.40. The van der Waals surface area contributed by atoms with E-state index in [4.69, 9.17) is 17.3 Å². The Kier molecular flexibility index (Phi) is 4.07. The summed E-state index contributed by atoms with van der Waals surface area (Å²) >= 11 is 6.83. The second-order valence-electron chi connectivity index (χ2n) is 5.08. The average Bonchev–Trinajstić information content (AvgIpc) is 2.99. The number of halogens is 4. The van der Waals surface area contributed by atoms with Crippen LogP contribution in [0.3, 0.4) is 0 Å². The van der Waals surface area contributed by atoms with Crippen molar-refractivity contribution in [3.05, 3.63) is 49.6 Å². The SMILES string of the molecule is Cc1sc2nc(Cn3nc(C(F)(F)F)cc3Cl)cc(=O)n2c1C(N)=O. The summed E-state index contributed by atoms with van der Waals surface area (Å²) in [4.78, 5) is 28.6. The Bertz CT molecular complexity index is 1050. The van der Waals surface area contributed by atoms with Crippen LogP contribution in [0.25, 0.3) is 4.96 Å². The minimum Gasteiger partial charge on any atom is -0.364 e. The number of nitrogens with zero attached hydrogens (tertiary/aromatic N) is 4. The molecule has 0 saturated carbocycles. The summed E-state index contributed by atoms with van der Waals surface area (Å²) in [5.74, 6) is -0.773. The van der Waals surface area contributed by atoms with Crippen LogP contribution in [0.4, 0.5) is 13.2 Å². The Labute approximate surface area is 146 Å². The van der Waals surface area contributed by atoms with Gasteiger partial charge in [0.25, 0.3) is 11.5 Å². The molecule has 2 N–H and O–H groups in total. The molecule has 132 valence electrons. The van der Waals surface area contributed by atoms with Gasteiger partial charge in [0.15, 0.2) is 10.7 Å². The Balaban J connectivity index is 2.06. The normalized spacial score (nSPS) is 12.0. The van der Waals surface area contributed by atoms with Crippen LogP contribution < -0.4 is 11.3 Å². The Morgan fingerprint density at radius 3 is 2.64 bits per heavy atom. The molecule has 0 bridgehead atoms. The van der Waals surface area contributed by atoms with Gasteiger partial charge in [0.1, 0.15) is 10.8 Å². The lowest BCUT2D eigenvalue weighted by molar-refractivity contribution is -0.141. The van der Waals surface area contributed by atoms with Crippen molar-refractivity contribution in [2.75, 3.05) is 0 Å². The predicted molar refractivity (Wildman–Crippen MR) is 83.9 cm³/mol. The maximum atomic E-state index is 12.7. The first-order valence-corrected chi connectivity index (χ1v) is 7.90. The number of fused-ring (bicyclic) bond motifs is 1. The molecule has 3 aromatic heterocycles. The van der Waals surface area contributed by atoms with E-state index in [2.05, 4.69) is 10.1 Å². The lowest BCUT2D eigenvalue weighted by Crippen LogP contribution is -2.23. The zero-order chi connectivity index (χ0) is 18.5. The molecule has 0 aliphatic carbocycles. The van der Waals surface area contributed by atoms with Crippen molar-refractivity contribution in [2.24, 2.45) is 5.73 Å². The first-order valence-electron chi connectivity index (χ1n) is 6.70. The largest absolute Gasteiger partial charge is 0.435 e. The summed E-state index contributed by atoms with van der Waals surface area (Å²) in [7, 11) is 0. The zero-order valence-electron chi connectivity index (χ0n) is 12.5. The molecular weight excluding hydrogens is 383 g/mol. The molecule has 0 atom stereocenters. The minimum absolute atomic E-state index is 0.0283. The number of carbonyl (C=O) groups excluding carboxylic acids is 1. The summed E-state index contributed by atoms with van der Waals surface area (Å²) in [5, 5.41) is 3.14. The third kappa shape index (κ3) is 3.12. The standard InChI is InChI=1S/C13H9ClF3N5O2S/c1-5-10(11(18)24)22-9(23)2-6(19-12(22)25-5)4-21-8(14)3-7(20-21)13(15,16)17/h2-3H,4H2,1H3,(H2,18,24). The van der Waals surface area contributed by atoms with E-state index in [0.717, 1.165) is 26.5 Å². The van der Waals surface area contributed by atoms with Gasteiger partial charge in [0, 0.05) is 17.0 Å². The van der Waals surface area contributed by atoms with Crippen LogP contribution in [0.5, 0.6) is 0 Å². The highest BCUT2D eigenvalue weighted by Crippen LogP contribution is 2.30. The zero-order valence-corrected chi connectivity index (χ0v) is 14.0. The van der Waals surface area contributed by atoms with Crippen molar-refractivity contribution >= 4 is 33.8 Å². The molecule has 0 fully saturated rings. The predicted octanol–water partition coefficient (Wildman–Crippen LogP) is 2.08. The number of hydrogen-bond donors (Lipinski definition) is 1. The van der Waals surface area contributed by atoms with Crippen LogP contribution in [0.2, 0.25) is 5.15 Å². The number of primary amides is 1. The maximum absolute atomic E-state index is 12.7. The molecule has 3 rings (SSSR count). The van der Waals surface area contributed by atoms with E-state index in [9.17, 15) is 22.8 Å². The Morgan fingerprint density at radius 2 is 2.08 bits per heavy atom. The van der Waals surface area contributed by atoms with Crippen LogP contribution >= 0.6 is 22.9 Å². The first kappa shape index (κ1) is 17.4. The van der Waals surface area contributed by atoms with Gasteiger partial charge in [-0.3, -0.25) is 9.59 Å². The van der Waals surface area contributed by atoms with E-state index in [0.29, 0.717) is 10.9 Å². The summed E-state index contributed by atoms with van der Waals surface area (Å²) in [6.07, 6.45) is -4.63. The van der Waals surface area contributed by atoms with Gasteiger partial charge in [-0.1, -0.05) is 11.6 Å². The van der Waals surface area contributed by atoms with E-state index in [1.165, 1.54) is 0 Å². The van der Waals surface area contributed by atoms with Crippen LogP contribution in [-0.2, 0) is 12.7 Å². The monoisotopic (exact) mass is 391 g/mol. The topological polar surface area (TPSA) is 95.3 Å². The van der Waals surface area contributed by atoms with Crippen LogP contribution in [0.1, 0.15) is 26.8 Å². The minimum atomic E-state index is -4.63. The van der Waals surface area contributed by atoms with Gasteiger partial charge in [0.05, 0.1) is 12.2 Å². The molecular formula is C13H9ClF3N5O2S. The molecule has 1 amide bonds. The number of aromatic nitrogens is 4. The van der Waals surface area contributed by atoms with E-state index < -0.39 is 23.3 Å². The van der Waals surface area contributed by atoms with Gasteiger partial charge in [-0.05, 0) is 6.92 Å². The lowest BCUT2D eigenvalue weighted by atomic mass is 10.3. The van der Waals surface area contributed by atoms with Crippen molar-refractivity contribution in [1.29, 1.82) is 0 Å². The van der Waals surface area contributed by atoms with Gasteiger partial charge in [-0.15, -0.1) is 11.3 Å². The van der Waals surface area contributed by atoms with E-state index in [1.54, 1.807) is 6.92 Å². The fourth-order valence-electron chi connectivity index (χ4n) is 2.29.